The molecule has 5 rings (SSSR count). The van der Waals surface area contributed by atoms with Crippen LogP contribution in [0, 0.1) is 0 Å². The molecule has 1 aliphatic heterocycles. The van der Waals surface area contributed by atoms with E-state index in [0.717, 1.165) is 22.2 Å². The summed E-state index contributed by atoms with van der Waals surface area (Å²) in [5.74, 6) is 1.49. The number of ether oxygens (including phenoxy) is 1. The number of para-hydroxylation sites is 1. The first-order valence-corrected chi connectivity index (χ1v) is 12.6. The summed E-state index contributed by atoms with van der Waals surface area (Å²) in [6, 6.07) is 19.2. The van der Waals surface area contributed by atoms with Crippen molar-refractivity contribution in [3.63, 3.8) is 0 Å². The van der Waals surface area contributed by atoms with Crippen molar-refractivity contribution in [3.05, 3.63) is 84.2 Å². The van der Waals surface area contributed by atoms with Gasteiger partial charge in [-0.1, -0.05) is 38.1 Å². The van der Waals surface area contributed by atoms with Crippen molar-refractivity contribution in [3.8, 4) is 11.6 Å². The van der Waals surface area contributed by atoms with Crippen molar-refractivity contribution in [2.45, 2.75) is 33.2 Å². The fraction of sp³-hybridized carbons (Fsp3) is 0.222. The molecule has 0 aliphatic carbocycles. The molecule has 3 heterocycles. The number of pyridine rings is 1. The van der Waals surface area contributed by atoms with Crippen LogP contribution >= 0.6 is 12.1 Å². The Hall–Kier alpha value is -3.98. The largest absolute Gasteiger partial charge is 0.490 e. The molecule has 0 fully saturated rings. The fourth-order valence-corrected chi connectivity index (χ4v) is 4.32. The van der Waals surface area contributed by atoms with Gasteiger partial charge >= 0.3 is 0 Å². The van der Waals surface area contributed by atoms with Crippen LogP contribution in [0.25, 0.3) is 16.7 Å². The third-order valence-corrected chi connectivity index (χ3v) is 6.08. The molecule has 9 heteroatoms. The molecule has 2 aromatic heterocycles. The van der Waals surface area contributed by atoms with Crippen molar-refractivity contribution in [1.82, 2.24) is 14.9 Å². The van der Waals surface area contributed by atoms with Gasteiger partial charge in [-0.3, -0.25) is 4.79 Å². The molecular formula is C27H30N6O2S. The average molecular weight is 503 g/mol. The first-order chi connectivity index (χ1) is 17.4. The number of benzene rings is 2. The number of nitrogens with zero attached hydrogens (tertiary/aromatic N) is 3. The second-order valence-corrected chi connectivity index (χ2v) is 9.19. The summed E-state index contributed by atoms with van der Waals surface area (Å²) in [6.45, 7) is 8.07. The molecule has 0 unspecified atom stereocenters. The third kappa shape index (κ3) is 5.31. The minimum atomic E-state index is -0.647. The molecule has 0 atom stereocenters. The Labute approximate surface area is 215 Å². The van der Waals surface area contributed by atoms with E-state index in [1.165, 1.54) is 12.1 Å². The normalized spacial score (nSPS) is 12.5. The number of anilines is 1. The lowest BCUT2D eigenvalue weighted by Gasteiger charge is -2.27. The van der Waals surface area contributed by atoms with Crippen molar-refractivity contribution < 1.29 is 9.53 Å². The Kier molecular flexibility index (Phi) is 7.49. The van der Waals surface area contributed by atoms with Crippen LogP contribution in [0.4, 0.5) is 5.69 Å². The number of nitrogens with two attached hydrogens (primary N) is 1. The molecule has 0 radical (unpaired) electrons. The van der Waals surface area contributed by atoms with Crippen LogP contribution in [-0.2, 0) is 0 Å². The van der Waals surface area contributed by atoms with Crippen molar-refractivity contribution in [2.75, 3.05) is 11.3 Å². The molecule has 4 N–H and O–H groups in total. The summed E-state index contributed by atoms with van der Waals surface area (Å²) in [5.41, 5.74) is 8.54. The number of carbonyl (C=O) groups excluding carboxylic acids is 1. The van der Waals surface area contributed by atoms with Gasteiger partial charge in [-0.15, -0.1) is 0 Å². The van der Waals surface area contributed by atoms with E-state index in [-0.39, 0.29) is 12.5 Å². The minimum absolute atomic E-state index is 0.206. The predicted molar refractivity (Wildman–Crippen MR) is 148 cm³/mol. The van der Waals surface area contributed by atoms with Crippen molar-refractivity contribution in [1.29, 1.82) is 0 Å². The van der Waals surface area contributed by atoms with Gasteiger partial charge in [-0.25, -0.2) is 4.98 Å². The molecule has 0 saturated heterocycles. The third-order valence-electron chi connectivity index (χ3n) is 5.48. The smallest absolute Gasteiger partial charge is 0.252 e. The summed E-state index contributed by atoms with van der Waals surface area (Å²) in [4.78, 5) is 17.5. The monoisotopic (exact) mass is 502 g/mol. The van der Waals surface area contributed by atoms with E-state index in [9.17, 15) is 4.79 Å². The number of rotatable bonds is 6. The quantitative estimate of drug-likeness (QED) is 0.308. The van der Waals surface area contributed by atoms with E-state index >= 15 is 0 Å². The molecule has 36 heavy (non-hydrogen) atoms. The molecule has 0 spiro atoms. The molecular weight excluding hydrogens is 472 g/mol. The number of hydrogen-bond donors (Lipinski definition) is 3. The summed E-state index contributed by atoms with van der Waals surface area (Å²) >= 11 is 1.18. The lowest BCUT2D eigenvalue weighted by Crippen LogP contribution is -2.48. The summed E-state index contributed by atoms with van der Waals surface area (Å²) in [7, 11) is 0. The van der Waals surface area contributed by atoms with Gasteiger partial charge in [0.05, 0.1) is 34.4 Å². The molecule has 0 bridgehead atoms. The van der Waals surface area contributed by atoms with Gasteiger partial charge in [0.25, 0.3) is 5.91 Å². The van der Waals surface area contributed by atoms with Crippen LogP contribution in [0.15, 0.2) is 77.5 Å². The fourth-order valence-electron chi connectivity index (χ4n) is 3.82. The topological polar surface area (TPSA) is 107 Å². The lowest BCUT2D eigenvalue weighted by molar-refractivity contribution is 0.0880. The van der Waals surface area contributed by atoms with Gasteiger partial charge in [0.2, 0.25) is 0 Å². The Bertz CT molecular complexity index is 1410. The van der Waals surface area contributed by atoms with E-state index in [0.29, 0.717) is 23.0 Å². The highest BCUT2D eigenvalue weighted by molar-refractivity contribution is 7.99. The van der Waals surface area contributed by atoms with Crippen LogP contribution in [0.1, 0.15) is 43.6 Å². The SMILES string of the molecule is CC.CC(C)(COc1cccc2c1C(N)=NSN2)NC(=O)c1ccnc(-n2ccc3ccccc32)c1. The minimum Gasteiger partial charge on any atom is -0.490 e. The van der Waals surface area contributed by atoms with E-state index in [1.807, 2.05) is 87.0 Å². The van der Waals surface area contributed by atoms with Gasteiger partial charge in [-0.2, -0.15) is 4.40 Å². The highest BCUT2D eigenvalue weighted by Gasteiger charge is 2.25. The average Bonchev–Trinajstić information content (AvgIpc) is 3.33. The van der Waals surface area contributed by atoms with Gasteiger partial charge in [0.1, 0.15) is 24.0 Å². The molecule has 186 valence electrons. The zero-order valence-electron chi connectivity index (χ0n) is 20.8. The Morgan fingerprint density at radius 2 is 1.94 bits per heavy atom. The van der Waals surface area contributed by atoms with Crippen LogP contribution in [-0.4, -0.2) is 33.4 Å². The van der Waals surface area contributed by atoms with Crippen LogP contribution in [0.2, 0.25) is 0 Å². The lowest BCUT2D eigenvalue weighted by atomic mass is 10.1. The van der Waals surface area contributed by atoms with E-state index in [4.69, 9.17) is 10.5 Å². The van der Waals surface area contributed by atoms with Crippen LogP contribution < -0.4 is 20.5 Å². The molecule has 4 aromatic rings. The van der Waals surface area contributed by atoms with E-state index in [1.54, 1.807) is 18.3 Å². The number of nitrogens with one attached hydrogen (secondary N) is 2. The number of fused-ring (bicyclic) bond motifs is 2. The zero-order chi connectivity index (χ0) is 25.7. The number of amidine groups is 1. The van der Waals surface area contributed by atoms with Crippen LogP contribution in [0.5, 0.6) is 5.75 Å². The standard InChI is InChI=1S/C25H24N6O2S.C2H6/c1-25(2,15-33-20-9-5-7-18-22(20)23(26)30-34-29-18)28-24(32)17-10-12-27-21(14-17)31-13-11-16-6-3-4-8-19(16)31;1-2/h3-14,29H,15H2,1-2H3,(H2,26,30)(H,28,32);1-2H3. The molecule has 0 saturated carbocycles. The van der Waals surface area contributed by atoms with Gasteiger partial charge in [-0.05, 0) is 55.6 Å². The highest BCUT2D eigenvalue weighted by Crippen LogP contribution is 2.32. The van der Waals surface area contributed by atoms with E-state index < -0.39 is 5.54 Å². The predicted octanol–water partition coefficient (Wildman–Crippen LogP) is 5.33. The molecule has 8 nitrogen and oxygen atoms in total. The number of aromatic nitrogens is 2. The second-order valence-electron chi connectivity index (χ2n) is 8.62. The first-order valence-electron chi connectivity index (χ1n) is 11.8. The Morgan fingerprint density at radius 1 is 1.14 bits per heavy atom. The maximum Gasteiger partial charge on any atom is 0.252 e. The first kappa shape index (κ1) is 25.1. The second kappa shape index (κ2) is 10.7. The van der Waals surface area contributed by atoms with Gasteiger partial charge in [0.15, 0.2) is 0 Å². The number of hydrogen-bond acceptors (Lipinski definition) is 7. The Balaban J connectivity index is 0.00000148. The number of carbonyl (C=O) groups is 1. The maximum absolute atomic E-state index is 13.1. The molecule has 2 aromatic carbocycles. The van der Waals surface area contributed by atoms with Gasteiger partial charge in [0, 0.05) is 18.0 Å². The highest BCUT2D eigenvalue weighted by atomic mass is 32.2. The van der Waals surface area contributed by atoms with E-state index in [2.05, 4.69) is 19.4 Å². The molecule has 1 aliphatic rings. The van der Waals surface area contributed by atoms with Crippen molar-refractivity contribution >= 4 is 40.5 Å². The summed E-state index contributed by atoms with van der Waals surface area (Å²) < 4.78 is 15.3. The van der Waals surface area contributed by atoms with Gasteiger partial charge < -0.3 is 25.1 Å². The van der Waals surface area contributed by atoms with Crippen molar-refractivity contribution in [2.24, 2.45) is 10.1 Å². The maximum atomic E-state index is 13.1. The zero-order valence-corrected chi connectivity index (χ0v) is 21.6. The van der Waals surface area contributed by atoms with Crippen LogP contribution in [0.3, 0.4) is 0 Å². The number of amides is 1. The summed E-state index contributed by atoms with van der Waals surface area (Å²) in [6.07, 6.45) is 3.60. The molecule has 1 amide bonds. The summed E-state index contributed by atoms with van der Waals surface area (Å²) in [5, 5.41) is 4.17. The Morgan fingerprint density at radius 3 is 2.78 bits per heavy atom.